The Bertz CT molecular complexity index is 1340. The van der Waals surface area contributed by atoms with Gasteiger partial charge in [0.25, 0.3) is 10.2 Å². The molecule has 3 heterocycles. The number of halogens is 3. The maximum Gasteiger partial charge on any atom is 0.573 e. The van der Waals surface area contributed by atoms with Gasteiger partial charge in [0.1, 0.15) is 5.01 Å². The van der Waals surface area contributed by atoms with Crippen LogP contribution in [0.2, 0.25) is 0 Å². The van der Waals surface area contributed by atoms with Crippen LogP contribution in [0.25, 0.3) is 0 Å². The third-order valence-corrected chi connectivity index (χ3v) is 9.26. The highest BCUT2D eigenvalue weighted by molar-refractivity contribution is 7.86. The predicted molar refractivity (Wildman–Crippen MR) is 143 cm³/mol. The van der Waals surface area contributed by atoms with Crippen LogP contribution in [0.15, 0.2) is 18.2 Å². The lowest BCUT2D eigenvalue weighted by Gasteiger charge is -2.34. The summed E-state index contributed by atoms with van der Waals surface area (Å²) in [5, 5.41) is 11.5. The van der Waals surface area contributed by atoms with Crippen LogP contribution >= 0.6 is 11.3 Å². The van der Waals surface area contributed by atoms with Gasteiger partial charge in [0.2, 0.25) is 11.0 Å². The number of ether oxygens (including phenoxy) is 2. The fourth-order valence-corrected chi connectivity index (χ4v) is 6.17. The van der Waals surface area contributed by atoms with Crippen molar-refractivity contribution in [3.05, 3.63) is 28.8 Å². The molecule has 226 valence electrons. The van der Waals surface area contributed by atoms with Crippen molar-refractivity contribution in [3.8, 4) is 5.75 Å². The number of aromatic nitrogens is 2. The predicted octanol–water partition coefficient (Wildman–Crippen LogP) is 1.06. The van der Waals surface area contributed by atoms with E-state index in [-0.39, 0.29) is 37.3 Å². The molecule has 0 saturated carbocycles. The van der Waals surface area contributed by atoms with Crippen LogP contribution in [0.3, 0.4) is 0 Å². The summed E-state index contributed by atoms with van der Waals surface area (Å²) in [6.07, 6.45) is -5.17. The highest BCUT2D eigenvalue weighted by Crippen LogP contribution is 2.32. The van der Waals surface area contributed by atoms with Gasteiger partial charge in [-0.3, -0.25) is 14.5 Å². The number of rotatable bonds is 10. The summed E-state index contributed by atoms with van der Waals surface area (Å²) in [5.74, 6) is -1.65. The second-order valence-electron chi connectivity index (χ2n) is 9.45. The average Bonchev–Trinajstić information content (AvgIpc) is 3.37. The van der Waals surface area contributed by atoms with Crippen LogP contribution in [0.5, 0.6) is 5.75 Å². The molecular weight excluding hydrogens is 591 g/mol. The Balaban J connectivity index is 1.41. The number of hydrogen-bond donors (Lipinski definition) is 1. The topological polar surface area (TPSA) is 138 Å². The largest absolute Gasteiger partial charge is 0.573 e. The molecular formula is C23H30F3N7O6S2. The highest BCUT2D eigenvalue weighted by atomic mass is 32.2. The van der Waals surface area contributed by atoms with Gasteiger partial charge in [-0.15, -0.1) is 23.4 Å². The summed E-state index contributed by atoms with van der Waals surface area (Å²) >= 11 is 1.17. The molecule has 2 aliphatic heterocycles. The van der Waals surface area contributed by atoms with Crippen molar-refractivity contribution >= 4 is 44.1 Å². The fourth-order valence-electron chi connectivity index (χ4n) is 4.19. The van der Waals surface area contributed by atoms with Gasteiger partial charge in [0, 0.05) is 58.9 Å². The van der Waals surface area contributed by atoms with E-state index in [2.05, 4.69) is 20.3 Å². The zero-order valence-corrected chi connectivity index (χ0v) is 24.0. The molecule has 1 aromatic heterocycles. The standard InChI is InChI=1S/C23H30F3N7O6S2/c1-30(2)41(36,37)33-7-5-32(6-8-33)22-29-28-21(40-22)14-18(34)16-3-4-19(39-23(24,25)26)17(13-16)27-20(35)15-31-9-11-38-12-10-31/h3-4,13H,5-12,14-15H2,1-2H3,(H,27,35). The second-order valence-corrected chi connectivity index (χ2v) is 12.6. The number of benzene rings is 1. The number of hydrogen-bond acceptors (Lipinski definition) is 11. The molecule has 2 saturated heterocycles. The van der Waals surface area contributed by atoms with Gasteiger partial charge in [-0.25, -0.2) is 0 Å². The minimum Gasteiger partial charge on any atom is -0.404 e. The lowest BCUT2D eigenvalue weighted by Crippen LogP contribution is -2.51. The van der Waals surface area contributed by atoms with Crippen molar-refractivity contribution in [2.24, 2.45) is 0 Å². The van der Waals surface area contributed by atoms with Gasteiger partial charge in [0.15, 0.2) is 11.5 Å². The summed E-state index contributed by atoms with van der Waals surface area (Å²) < 4.78 is 75.4. The molecule has 4 rings (SSSR count). The van der Waals surface area contributed by atoms with E-state index in [1.165, 1.54) is 35.8 Å². The van der Waals surface area contributed by atoms with Crippen molar-refractivity contribution in [1.29, 1.82) is 0 Å². The van der Waals surface area contributed by atoms with E-state index in [0.29, 0.717) is 49.5 Å². The molecule has 18 heteroatoms. The van der Waals surface area contributed by atoms with Crippen molar-refractivity contribution in [2.45, 2.75) is 12.8 Å². The zero-order chi connectivity index (χ0) is 29.8. The van der Waals surface area contributed by atoms with Gasteiger partial charge in [0.05, 0.1) is 31.9 Å². The van der Waals surface area contributed by atoms with Crippen molar-refractivity contribution in [1.82, 2.24) is 23.7 Å². The lowest BCUT2D eigenvalue weighted by molar-refractivity contribution is -0.274. The minimum atomic E-state index is -5.00. The number of carbonyl (C=O) groups excluding carboxylic acids is 2. The van der Waals surface area contributed by atoms with E-state index >= 15 is 0 Å². The van der Waals surface area contributed by atoms with Crippen molar-refractivity contribution in [2.75, 3.05) is 83.3 Å². The van der Waals surface area contributed by atoms with Crippen LogP contribution < -0.4 is 15.0 Å². The molecule has 2 aromatic rings. The summed E-state index contributed by atoms with van der Waals surface area (Å²) in [4.78, 5) is 29.2. The molecule has 1 aromatic carbocycles. The molecule has 41 heavy (non-hydrogen) atoms. The number of piperazine rings is 1. The van der Waals surface area contributed by atoms with Gasteiger partial charge >= 0.3 is 6.36 Å². The molecule has 0 spiro atoms. The summed E-state index contributed by atoms with van der Waals surface area (Å²) in [6, 6.07) is 3.32. The third-order valence-electron chi connectivity index (χ3n) is 6.34. The lowest BCUT2D eigenvalue weighted by atomic mass is 10.1. The number of amides is 1. The number of Topliss-reactive ketones (excluding diaryl/α,β-unsaturated/α-hetero) is 1. The fraction of sp³-hybridized carbons (Fsp3) is 0.565. The Morgan fingerprint density at radius 3 is 2.41 bits per heavy atom. The van der Waals surface area contributed by atoms with E-state index in [9.17, 15) is 31.2 Å². The number of nitrogens with one attached hydrogen (secondary N) is 1. The van der Waals surface area contributed by atoms with Crippen LogP contribution in [0.4, 0.5) is 24.0 Å². The SMILES string of the molecule is CN(C)S(=O)(=O)N1CCN(c2nnc(CC(=O)c3ccc(OC(F)(F)F)c(NC(=O)CN4CCOCC4)c3)s2)CC1. The van der Waals surface area contributed by atoms with Crippen LogP contribution in [0.1, 0.15) is 15.4 Å². The molecule has 0 radical (unpaired) electrons. The first-order valence-corrected chi connectivity index (χ1v) is 14.8. The monoisotopic (exact) mass is 621 g/mol. The number of carbonyl (C=O) groups is 2. The first-order chi connectivity index (χ1) is 19.3. The van der Waals surface area contributed by atoms with E-state index < -0.39 is 34.0 Å². The maximum absolute atomic E-state index is 13.0. The normalized spacial score (nSPS) is 17.6. The van der Waals surface area contributed by atoms with Crippen molar-refractivity contribution < 1.29 is 40.7 Å². The van der Waals surface area contributed by atoms with E-state index in [1.54, 1.807) is 4.90 Å². The van der Waals surface area contributed by atoms with Crippen LogP contribution in [0, 0.1) is 0 Å². The molecule has 13 nitrogen and oxygen atoms in total. The molecule has 1 amide bonds. The van der Waals surface area contributed by atoms with E-state index in [4.69, 9.17) is 4.74 Å². The van der Waals surface area contributed by atoms with Gasteiger partial charge < -0.3 is 19.7 Å². The van der Waals surface area contributed by atoms with Crippen LogP contribution in [-0.2, 0) is 26.2 Å². The summed E-state index contributed by atoms with van der Waals surface area (Å²) in [5.41, 5.74) is -0.226. The number of ketones is 1. The number of morpholine rings is 1. The number of alkyl halides is 3. The summed E-state index contributed by atoms with van der Waals surface area (Å²) in [6.45, 7) is 3.16. The Kier molecular flexibility index (Phi) is 9.81. The van der Waals surface area contributed by atoms with Crippen molar-refractivity contribution in [3.63, 3.8) is 0 Å². The Hall–Kier alpha value is -2.90. The zero-order valence-electron chi connectivity index (χ0n) is 22.4. The highest BCUT2D eigenvalue weighted by Gasteiger charge is 2.33. The molecule has 1 N–H and O–H groups in total. The van der Waals surface area contributed by atoms with Crippen LogP contribution in [-0.4, -0.2) is 123 Å². The van der Waals surface area contributed by atoms with Gasteiger partial charge in [-0.05, 0) is 18.2 Å². The first kappa shape index (κ1) is 31.0. The Labute approximate surface area is 239 Å². The summed E-state index contributed by atoms with van der Waals surface area (Å²) in [7, 11) is -0.587. The van der Waals surface area contributed by atoms with E-state index in [0.717, 1.165) is 16.4 Å². The molecule has 0 atom stereocenters. The Morgan fingerprint density at radius 1 is 1.10 bits per heavy atom. The number of anilines is 2. The second kappa shape index (κ2) is 13.0. The number of nitrogens with zero attached hydrogens (tertiary/aromatic N) is 6. The average molecular weight is 622 g/mol. The minimum absolute atomic E-state index is 0.0560. The molecule has 0 unspecified atom stereocenters. The molecule has 2 aliphatic rings. The first-order valence-electron chi connectivity index (χ1n) is 12.6. The molecule has 0 aliphatic carbocycles. The molecule has 2 fully saturated rings. The van der Waals surface area contributed by atoms with Gasteiger partial charge in [-0.2, -0.15) is 17.0 Å². The Morgan fingerprint density at radius 2 is 1.78 bits per heavy atom. The third kappa shape index (κ3) is 8.32. The quantitative estimate of drug-likeness (QED) is 0.384. The van der Waals surface area contributed by atoms with E-state index in [1.807, 2.05) is 4.90 Å². The molecule has 0 bridgehead atoms. The maximum atomic E-state index is 13.0. The van der Waals surface area contributed by atoms with Gasteiger partial charge in [-0.1, -0.05) is 11.3 Å². The smallest absolute Gasteiger partial charge is 0.404 e.